The predicted molar refractivity (Wildman–Crippen MR) is 473 cm³/mol. The van der Waals surface area contributed by atoms with E-state index < -0.39 is 24.1 Å². The van der Waals surface area contributed by atoms with Gasteiger partial charge in [-0.3, -0.25) is 0 Å². The summed E-state index contributed by atoms with van der Waals surface area (Å²) in [5.74, 6) is 1.26. The Balaban J connectivity index is 1.34. The first-order chi connectivity index (χ1) is 55.0. The van der Waals surface area contributed by atoms with Gasteiger partial charge in [0.05, 0.1) is 31.5 Å². The first-order valence-corrected chi connectivity index (χ1v) is 47.7. The van der Waals surface area contributed by atoms with Crippen LogP contribution in [0.5, 0.6) is 28.7 Å². The van der Waals surface area contributed by atoms with Gasteiger partial charge in [0.25, 0.3) is 0 Å². The molecule has 0 aliphatic rings. The van der Waals surface area contributed by atoms with E-state index in [1.807, 2.05) is 24.3 Å². The Morgan fingerprint density at radius 1 is 0.295 bits per heavy atom. The highest BCUT2D eigenvalue weighted by atomic mass is 16.6. The number of nitrogens with zero attached hydrogens (tertiary/aromatic N) is 3. The number of aromatic nitrogens is 3. The molecule has 0 aliphatic heterocycles. The molecule has 12 nitrogen and oxygen atoms in total. The minimum Gasteiger partial charge on any atom is -0.507 e. The lowest BCUT2D eigenvalue weighted by molar-refractivity contribution is -0.153. The first-order valence-electron chi connectivity index (χ1n) is 47.7. The molecule has 0 spiro atoms. The second-order valence-electron chi connectivity index (χ2n) is 33.9. The highest BCUT2D eigenvalue weighted by molar-refractivity contribution is 5.76. The van der Waals surface area contributed by atoms with Crippen LogP contribution in [0.1, 0.15) is 452 Å². The molecule has 4 atom stereocenters. The van der Waals surface area contributed by atoms with Crippen LogP contribution in [0, 0.1) is 11.8 Å². The number of unbranched alkanes of at least 4 members (excludes halogenated alkanes) is 56. The van der Waals surface area contributed by atoms with Crippen LogP contribution in [0.2, 0.25) is 0 Å². The summed E-state index contributed by atoms with van der Waals surface area (Å²) < 4.78 is 30.0. The van der Waals surface area contributed by atoms with E-state index in [4.69, 9.17) is 38.6 Å². The van der Waals surface area contributed by atoms with Gasteiger partial charge >= 0.3 is 11.9 Å². The van der Waals surface area contributed by atoms with Crippen LogP contribution in [0.25, 0.3) is 34.2 Å². The van der Waals surface area contributed by atoms with E-state index >= 15 is 0 Å². The van der Waals surface area contributed by atoms with E-state index in [9.17, 15) is 19.8 Å². The first kappa shape index (κ1) is 99.0. The van der Waals surface area contributed by atoms with Crippen LogP contribution in [0.15, 0.2) is 60.7 Å². The van der Waals surface area contributed by atoms with Crippen molar-refractivity contribution in [2.75, 3.05) is 20.3 Å². The maximum atomic E-state index is 13.7. The third kappa shape index (κ3) is 49.5. The fourth-order valence-corrected chi connectivity index (χ4v) is 16.0. The topological polar surface area (TPSA) is 159 Å². The van der Waals surface area contributed by atoms with Gasteiger partial charge in [-0.25, -0.2) is 24.5 Å². The molecular formula is C100H169N3O9. The highest BCUT2D eigenvalue weighted by Gasteiger charge is 2.24. The van der Waals surface area contributed by atoms with Crippen molar-refractivity contribution in [3.05, 3.63) is 60.7 Å². The smallest absolute Gasteiger partial charge is 0.347 e. The summed E-state index contributed by atoms with van der Waals surface area (Å²) in [5.41, 5.74) is 1.24. The van der Waals surface area contributed by atoms with Crippen molar-refractivity contribution in [1.29, 1.82) is 0 Å². The highest BCUT2D eigenvalue weighted by Crippen LogP contribution is 2.37. The van der Waals surface area contributed by atoms with Crippen molar-refractivity contribution in [2.24, 2.45) is 11.8 Å². The summed E-state index contributed by atoms with van der Waals surface area (Å²) in [6, 6.07) is 16.9. The number of hydrogen-bond acceptors (Lipinski definition) is 12. The second kappa shape index (κ2) is 68.8. The molecule has 112 heavy (non-hydrogen) atoms. The Hall–Kier alpha value is -5.39. The Bertz CT molecular complexity index is 2700. The SMILES string of the molecule is CCCCCCCCCCCCCCCCCCC(CCCCCCCCCCCCCCCC)COC(=O)C(C)Oc1ccc(-c2nc(-c3ccc(OC)cc3)nc(-c3ccc(OC(C)C(=O)OCC(CCCCCCCCCCCCCCCC)CCCCCCCCCCCCCCCCCC)cc3O)n2)c(O)c1. The van der Waals surface area contributed by atoms with Crippen molar-refractivity contribution >= 4 is 11.9 Å². The molecule has 0 amide bonds. The zero-order valence-electron chi connectivity index (χ0n) is 73.3. The molecule has 1 aromatic heterocycles. The van der Waals surface area contributed by atoms with E-state index in [-0.39, 0.29) is 23.1 Å². The van der Waals surface area contributed by atoms with Gasteiger partial charge in [-0.15, -0.1) is 0 Å². The van der Waals surface area contributed by atoms with Gasteiger partial charge < -0.3 is 33.9 Å². The van der Waals surface area contributed by atoms with Crippen molar-refractivity contribution in [3.63, 3.8) is 0 Å². The number of carbonyl (C=O) groups excluding carboxylic acids is 2. The molecule has 0 radical (unpaired) electrons. The molecule has 0 fully saturated rings. The molecule has 0 bridgehead atoms. The zero-order chi connectivity index (χ0) is 80.2. The quantitative estimate of drug-likeness (QED) is 0.0319. The normalized spacial score (nSPS) is 12.6. The van der Waals surface area contributed by atoms with Gasteiger partial charge in [0.15, 0.2) is 29.7 Å². The van der Waals surface area contributed by atoms with Crippen LogP contribution in [-0.2, 0) is 19.1 Å². The standard InChI is InChI=1S/C100H169N3O9/c1-8-12-16-20-24-28-32-36-40-42-46-50-54-58-62-66-70-86(68-64-60-56-52-48-44-38-34-30-26-22-18-14-10-3)82-109-99(106)84(5)111-90-76-78-92(94(104)80-90)97-101-96(88-72-74-89(108-7)75-73-88)102-98(103-97)93-79-77-91(81-95(93)105)112-85(6)100(107)110-83-87(69-65-61-57-53-49-45-39-35-31-27-23-19-15-11-4)71-67-63-59-55-51-47-43-41-37-33-29-25-21-17-13-9-2/h72-81,84-87,104-105H,8-71,82-83H2,1-7H3. The van der Waals surface area contributed by atoms with E-state index in [1.54, 1.807) is 45.2 Å². The summed E-state index contributed by atoms with van der Waals surface area (Å²) in [6.45, 7) is 13.3. The molecule has 0 saturated carbocycles. The van der Waals surface area contributed by atoms with Gasteiger partial charge in [-0.2, -0.15) is 0 Å². The fraction of sp³-hybridized carbons (Fsp3) is 0.770. The van der Waals surface area contributed by atoms with Crippen LogP contribution < -0.4 is 14.2 Å². The lowest BCUT2D eigenvalue weighted by atomic mass is 9.94. The number of ether oxygens (including phenoxy) is 5. The van der Waals surface area contributed by atoms with E-state index in [0.29, 0.717) is 64.8 Å². The van der Waals surface area contributed by atoms with Gasteiger partial charge in [-0.05, 0) is 99.9 Å². The maximum Gasteiger partial charge on any atom is 0.347 e. The van der Waals surface area contributed by atoms with Crippen molar-refractivity contribution in [1.82, 2.24) is 15.0 Å². The number of phenolic OH excluding ortho intramolecular Hbond substituents is 2. The third-order valence-electron chi connectivity index (χ3n) is 23.5. The van der Waals surface area contributed by atoms with Crippen molar-refractivity contribution in [2.45, 2.75) is 465 Å². The van der Waals surface area contributed by atoms with Crippen molar-refractivity contribution in [3.8, 4) is 62.9 Å². The predicted octanol–water partition coefficient (Wildman–Crippen LogP) is 31.2. The molecule has 4 rings (SSSR count). The minimum atomic E-state index is -0.916. The number of phenols is 2. The summed E-state index contributed by atoms with van der Waals surface area (Å²) in [4.78, 5) is 42.0. The lowest BCUT2D eigenvalue weighted by Crippen LogP contribution is -2.28. The molecule has 2 N–H and O–H groups in total. The molecule has 0 aliphatic carbocycles. The second-order valence-corrected chi connectivity index (χ2v) is 33.9. The number of rotatable bonds is 78. The molecule has 4 unspecified atom stereocenters. The Labute approximate surface area is 687 Å². The third-order valence-corrected chi connectivity index (χ3v) is 23.5. The van der Waals surface area contributed by atoms with Crippen LogP contribution >= 0.6 is 0 Å². The fourth-order valence-electron chi connectivity index (χ4n) is 16.0. The minimum absolute atomic E-state index is 0.148. The van der Waals surface area contributed by atoms with Crippen LogP contribution in [0.3, 0.4) is 0 Å². The Kier molecular flexibility index (Phi) is 60.8. The van der Waals surface area contributed by atoms with Gasteiger partial charge in [-0.1, -0.05) is 413 Å². The number of aromatic hydroxyl groups is 2. The molecular weight excluding hydrogens is 1390 g/mol. The molecule has 638 valence electrons. The van der Waals surface area contributed by atoms with Gasteiger partial charge in [0, 0.05) is 17.7 Å². The number of carbonyl (C=O) groups is 2. The van der Waals surface area contributed by atoms with Crippen LogP contribution in [-0.4, -0.2) is 69.6 Å². The monoisotopic (exact) mass is 1560 g/mol. The average Bonchev–Trinajstić information content (AvgIpc) is 0.786. The zero-order valence-corrected chi connectivity index (χ0v) is 73.3. The van der Waals surface area contributed by atoms with Gasteiger partial charge in [0.1, 0.15) is 28.7 Å². The lowest BCUT2D eigenvalue weighted by Gasteiger charge is -2.20. The summed E-state index contributed by atoms with van der Waals surface area (Å²) >= 11 is 0. The van der Waals surface area contributed by atoms with Crippen LogP contribution in [0.4, 0.5) is 0 Å². The van der Waals surface area contributed by atoms with E-state index in [2.05, 4.69) is 27.7 Å². The maximum absolute atomic E-state index is 13.7. The summed E-state index contributed by atoms with van der Waals surface area (Å²) in [5, 5.41) is 23.5. The average molecular weight is 1560 g/mol. The Morgan fingerprint density at radius 2 is 0.509 bits per heavy atom. The number of benzene rings is 3. The van der Waals surface area contributed by atoms with Crippen molar-refractivity contribution < 1.29 is 43.5 Å². The largest absolute Gasteiger partial charge is 0.507 e. The number of hydrogen-bond donors (Lipinski definition) is 2. The molecule has 4 aromatic rings. The van der Waals surface area contributed by atoms with Gasteiger partial charge in [0.2, 0.25) is 0 Å². The summed E-state index contributed by atoms with van der Waals surface area (Å²) in [6.07, 6.45) is 82.8. The van der Waals surface area contributed by atoms with E-state index in [1.165, 1.54) is 372 Å². The number of esters is 2. The number of methoxy groups -OCH3 is 1. The summed E-state index contributed by atoms with van der Waals surface area (Å²) in [7, 11) is 1.61. The Morgan fingerprint density at radius 3 is 0.732 bits per heavy atom. The molecule has 12 heteroatoms. The van der Waals surface area contributed by atoms with E-state index in [0.717, 1.165) is 51.4 Å². The molecule has 1 heterocycles. The molecule has 0 saturated heterocycles. The molecule has 3 aromatic carbocycles.